The molecule has 0 aromatic heterocycles. The molecule has 0 atom stereocenters. The summed E-state index contributed by atoms with van der Waals surface area (Å²) in [5.41, 5.74) is 0.160. The van der Waals surface area contributed by atoms with E-state index in [1.807, 2.05) is 0 Å². The Kier molecular flexibility index (Phi) is 5.31. The molecular weight excluding hydrogens is 305 g/mol. The number of ketones is 1. The van der Waals surface area contributed by atoms with E-state index in [4.69, 9.17) is 9.84 Å². The summed E-state index contributed by atoms with van der Waals surface area (Å²) in [6, 6.07) is 3.82. The molecule has 0 unspecified atom stereocenters. The largest absolute Gasteiger partial charge is 0.494 e. The van der Waals surface area contributed by atoms with E-state index in [2.05, 4.69) is 0 Å². The number of halogens is 1. The number of ether oxygens (including phenoxy) is 1. The van der Waals surface area contributed by atoms with Gasteiger partial charge in [0.2, 0.25) is 5.91 Å². The fraction of sp³-hybridized carbons (Fsp3) is 0.438. The highest BCUT2D eigenvalue weighted by Crippen LogP contribution is 2.27. The molecule has 0 aliphatic heterocycles. The molecule has 1 aliphatic carbocycles. The zero-order valence-electron chi connectivity index (χ0n) is 12.8. The van der Waals surface area contributed by atoms with E-state index in [-0.39, 0.29) is 48.4 Å². The van der Waals surface area contributed by atoms with Gasteiger partial charge in [-0.05, 0) is 31.0 Å². The monoisotopic (exact) mass is 323 g/mol. The number of hydrogen-bond acceptors (Lipinski definition) is 4. The first-order valence-corrected chi connectivity index (χ1v) is 7.30. The highest BCUT2D eigenvalue weighted by atomic mass is 19.1. The van der Waals surface area contributed by atoms with Crippen LogP contribution in [0.15, 0.2) is 18.2 Å². The smallest absolute Gasteiger partial charge is 0.323 e. The number of methoxy groups -OCH3 is 1. The third-order valence-electron chi connectivity index (χ3n) is 3.65. The zero-order valence-corrected chi connectivity index (χ0v) is 12.8. The molecular formula is C16H18FNO5. The summed E-state index contributed by atoms with van der Waals surface area (Å²) in [5.74, 6) is -2.41. The van der Waals surface area contributed by atoms with Crippen LogP contribution in [-0.2, 0) is 9.59 Å². The average Bonchev–Trinajstić information content (AvgIpc) is 3.34. The number of carboxylic acid groups (broad SMARTS) is 1. The number of hydrogen-bond donors (Lipinski definition) is 1. The van der Waals surface area contributed by atoms with Gasteiger partial charge < -0.3 is 14.7 Å². The van der Waals surface area contributed by atoms with Crippen molar-refractivity contribution in [2.75, 3.05) is 13.7 Å². The minimum absolute atomic E-state index is 0.0351. The maximum absolute atomic E-state index is 13.6. The second-order valence-electron chi connectivity index (χ2n) is 5.42. The van der Waals surface area contributed by atoms with Gasteiger partial charge in [0.1, 0.15) is 6.54 Å². The maximum atomic E-state index is 13.6. The van der Waals surface area contributed by atoms with Crippen LogP contribution in [0.25, 0.3) is 0 Å². The number of carbonyl (C=O) groups is 3. The molecule has 1 aromatic rings. The Hall–Kier alpha value is -2.44. The highest BCUT2D eigenvalue weighted by Gasteiger charge is 2.33. The quantitative estimate of drug-likeness (QED) is 0.738. The van der Waals surface area contributed by atoms with E-state index in [0.29, 0.717) is 0 Å². The van der Waals surface area contributed by atoms with Crippen LogP contribution in [0.3, 0.4) is 0 Å². The van der Waals surface area contributed by atoms with Gasteiger partial charge in [0.25, 0.3) is 0 Å². The van der Waals surface area contributed by atoms with E-state index in [1.54, 1.807) is 0 Å². The molecule has 0 spiro atoms. The average molecular weight is 323 g/mol. The third kappa shape index (κ3) is 4.51. The van der Waals surface area contributed by atoms with E-state index in [9.17, 15) is 18.8 Å². The van der Waals surface area contributed by atoms with Crippen molar-refractivity contribution >= 4 is 17.7 Å². The van der Waals surface area contributed by atoms with Crippen LogP contribution >= 0.6 is 0 Å². The van der Waals surface area contributed by atoms with Crippen molar-refractivity contribution in [3.05, 3.63) is 29.6 Å². The molecule has 0 saturated heterocycles. The summed E-state index contributed by atoms with van der Waals surface area (Å²) in [6.45, 7) is -0.352. The van der Waals surface area contributed by atoms with E-state index < -0.39 is 11.8 Å². The van der Waals surface area contributed by atoms with Gasteiger partial charge in [0.15, 0.2) is 17.3 Å². The van der Waals surface area contributed by atoms with Gasteiger partial charge in [-0.2, -0.15) is 0 Å². The Morgan fingerprint density at radius 2 is 2.00 bits per heavy atom. The van der Waals surface area contributed by atoms with Gasteiger partial charge in [-0.15, -0.1) is 0 Å². The van der Waals surface area contributed by atoms with Crippen LogP contribution in [0.5, 0.6) is 5.75 Å². The molecule has 1 aliphatic rings. The van der Waals surface area contributed by atoms with Crippen molar-refractivity contribution < 1.29 is 28.6 Å². The van der Waals surface area contributed by atoms with Gasteiger partial charge in [-0.1, -0.05) is 0 Å². The number of nitrogens with zero attached hydrogens (tertiary/aromatic N) is 1. The molecule has 23 heavy (non-hydrogen) atoms. The summed E-state index contributed by atoms with van der Waals surface area (Å²) in [6.07, 6.45) is 1.40. The standard InChI is InChI=1S/C16H18FNO5/c1-23-14-6-2-10(8-12(14)17)13(19)5-7-15(20)18(9-16(21)22)11-3-4-11/h2,6,8,11H,3-5,7,9H2,1H3,(H,21,22). The van der Waals surface area contributed by atoms with Crippen LogP contribution < -0.4 is 4.74 Å². The predicted octanol–water partition coefficient (Wildman–Crippen LogP) is 1.87. The Bertz CT molecular complexity index is 627. The third-order valence-corrected chi connectivity index (χ3v) is 3.65. The summed E-state index contributed by atoms with van der Waals surface area (Å²) in [7, 11) is 1.33. The van der Waals surface area contributed by atoms with Crippen molar-refractivity contribution in [2.45, 2.75) is 31.7 Å². The second kappa shape index (κ2) is 7.21. The molecule has 0 heterocycles. The topological polar surface area (TPSA) is 83.9 Å². The van der Waals surface area contributed by atoms with Crippen molar-refractivity contribution in [3.63, 3.8) is 0 Å². The van der Waals surface area contributed by atoms with Crippen LogP contribution in [0.2, 0.25) is 0 Å². The van der Waals surface area contributed by atoms with Crippen LogP contribution in [0, 0.1) is 5.82 Å². The number of rotatable bonds is 8. The number of amides is 1. The van der Waals surface area contributed by atoms with Crippen LogP contribution in [-0.4, -0.2) is 47.4 Å². The molecule has 2 rings (SSSR count). The molecule has 1 fully saturated rings. The minimum atomic E-state index is -1.08. The number of aliphatic carboxylic acids is 1. The number of benzene rings is 1. The fourth-order valence-corrected chi connectivity index (χ4v) is 2.30. The number of carboxylic acids is 1. The first-order valence-electron chi connectivity index (χ1n) is 7.30. The van der Waals surface area contributed by atoms with E-state index in [1.165, 1.54) is 24.1 Å². The Morgan fingerprint density at radius 3 is 2.52 bits per heavy atom. The SMILES string of the molecule is COc1ccc(C(=O)CCC(=O)N(CC(=O)O)C2CC2)cc1F. The summed E-state index contributed by atoms with van der Waals surface area (Å²) >= 11 is 0. The first kappa shape index (κ1) is 16.9. The molecule has 0 bridgehead atoms. The molecule has 124 valence electrons. The Labute approximate surface area is 132 Å². The lowest BCUT2D eigenvalue weighted by Gasteiger charge is -2.19. The van der Waals surface area contributed by atoms with Crippen molar-refractivity contribution in [3.8, 4) is 5.75 Å². The van der Waals surface area contributed by atoms with Crippen LogP contribution in [0.1, 0.15) is 36.0 Å². The summed E-state index contributed by atoms with van der Waals surface area (Å²) in [4.78, 5) is 36.2. The van der Waals surface area contributed by atoms with Gasteiger partial charge in [0, 0.05) is 24.4 Å². The molecule has 1 aromatic carbocycles. The Balaban J connectivity index is 1.93. The van der Waals surface area contributed by atoms with E-state index in [0.717, 1.165) is 18.9 Å². The Morgan fingerprint density at radius 1 is 1.30 bits per heavy atom. The second-order valence-corrected chi connectivity index (χ2v) is 5.42. The summed E-state index contributed by atoms with van der Waals surface area (Å²) in [5, 5.41) is 8.83. The van der Waals surface area contributed by atoms with Gasteiger partial charge >= 0.3 is 5.97 Å². The lowest BCUT2D eigenvalue weighted by molar-refractivity contribution is -0.144. The zero-order chi connectivity index (χ0) is 17.0. The van der Waals surface area contributed by atoms with Gasteiger partial charge in [0.05, 0.1) is 7.11 Å². The molecule has 7 heteroatoms. The minimum Gasteiger partial charge on any atom is -0.494 e. The van der Waals surface area contributed by atoms with E-state index >= 15 is 0 Å². The predicted molar refractivity (Wildman–Crippen MR) is 78.9 cm³/mol. The number of carbonyl (C=O) groups excluding carboxylic acids is 2. The molecule has 6 nitrogen and oxygen atoms in total. The molecule has 1 saturated carbocycles. The van der Waals surface area contributed by atoms with Crippen molar-refractivity contribution in [1.29, 1.82) is 0 Å². The number of Topliss-reactive ketones (excluding diaryl/α,β-unsaturated/α-hetero) is 1. The first-order chi connectivity index (χ1) is 10.9. The molecule has 1 amide bonds. The lowest BCUT2D eigenvalue weighted by atomic mass is 10.1. The fourth-order valence-electron chi connectivity index (χ4n) is 2.30. The van der Waals surface area contributed by atoms with Gasteiger partial charge in [-0.3, -0.25) is 14.4 Å². The molecule has 0 radical (unpaired) electrons. The summed E-state index contributed by atoms with van der Waals surface area (Å²) < 4.78 is 18.4. The molecule has 1 N–H and O–H groups in total. The van der Waals surface area contributed by atoms with Crippen molar-refractivity contribution in [1.82, 2.24) is 4.90 Å². The highest BCUT2D eigenvalue weighted by molar-refractivity contribution is 5.98. The van der Waals surface area contributed by atoms with Crippen LogP contribution in [0.4, 0.5) is 4.39 Å². The van der Waals surface area contributed by atoms with Crippen molar-refractivity contribution in [2.24, 2.45) is 0 Å². The normalized spacial score (nSPS) is 13.5. The van der Waals surface area contributed by atoms with Gasteiger partial charge in [-0.25, -0.2) is 4.39 Å². The lowest BCUT2D eigenvalue weighted by Crippen LogP contribution is -2.37. The maximum Gasteiger partial charge on any atom is 0.323 e.